The second kappa shape index (κ2) is 6.27. The predicted octanol–water partition coefficient (Wildman–Crippen LogP) is 2.65. The summed E-state index contributed by atoms with van der Waals surface area (Å²) in [5.74, 6) is 0.935. The first-order valence-electron chi connectivity index (χ1n) is 7.34. The Bertz CT molecular complexity index is 547. The molecule has 1 N–H and O–H groups in total. The van der Waals surface area contributed by atoms with Crippen LogP contribution >= 0.6 is 0 Å². The number of benzene rings is 1. The van der Waals surface area contributed by atoms with Gasteiger partial charge in [0.05, 0.1) is 5.75 Å². The third-order valence-corrected chi connectivity index (χ3v) is 5.07. The van der Waals surface area contributed by atoms with Crippen molar-refractivity contribution in [3.05, 3.63) is 35.4 Å². The Morgan fingerprint density at radius 1 is 1.35 bits per heavy atom. The molecule has 0 amide bonds. The van der Waals surface area contributed by atoms with E-state index in [1.807, 2.05) is 0 Å². The fourth-order valence-corrected chi connectivity index (χ4v) is 3.61. The molecule has 20 heavy (non-hydrogen) atoms. The maximum absolute atomic E-state index is 11.1. The van der Waals surface area contributed by atoms with Gasteiger partial charge in [0.25, 0.3) is 0 Å². The Balaban J connectivity index is 1.74. The molecule has 2 rings (SSSR count). The van der Waals surface area contributed by atoms with Crippen LogP contribution in [-0.2, 0) is 9.84 Å². The fraction of sp³-hybridized carbons (Fsp3) is 0.625. The van der Waals surface area contributed by atoms with Crippen molar-refractivity contribution in [2.45, 2.75) is 51.1 Å². The van der Waals surface area contributed by atoms with Gasteiger partial charge in [0.2, 0.25) is 0 Å². The van der Waals surface area contributed by atoms with Crippen LogP contribution in [0.4, 0.5) is 0 Å². The molecule has 0 radical (unpaired) electrons. The van der Waals surface area contributed by atoms with E-state index in [4.69, 9.17) is 0 Å². The molecule has 0 saturated heterocycles. The van der Waals surface area contributed by atoms with Crippen LogP contribution in [0.3, 0.4) is 0 Å². The summed E-state index contributed by atoms with van der Waals surface area (Å²) in [6, 6.07) is 9.54. The fourth-order valence-electron chi connectivity index (χ4n) is 2.83. The minimum Gasteiger partial charge on any atom is -0.311 e. The largest absolute Gasteiger partial charge is 0.311 e. The highest BCUT2D eigenvalue weighted by molar-refractivity contribution is 7.90. The summed E-state index contributed by atoms with van der Waals surface area (Å²) in [6.45, 7) is 4.20. The molecule has 3 nitrogen and oxygen atoms in total. The van der Waals surface area contributed by atoms with Crippen LogP contribution in [0.2, 0.25) is 0 Å². The Hall–Kier alpha value is -0.870. The molecule has 4 heteroatoms. The third-order valence-electron chi connectivity index (χ3n) is 4.09. The molecule has 0 aliphatic heterocycles. The Morgan fingerprint density at radius 3 is 2.65 bits per heavy atom. The van der Waals surface area contributed by atoms with E-state index in [2.05, 4.69) is 43.4 Å². The number of sulfone groups is 1. The first-order chi connectivity index (χ1) is 9.33. The number of hydrogen-bond acceptors (Lipinski definition) is 3. The van der Waals surface area contributed by atoms with Crippen molar-refractivity contribution in [1.82, 2.24) is 5.32 Å². The summed E-state index contributed by atoms with van der Waals surface area (Å²) >= 11 is 0. The zero-order chi connectivity index (χ0) is 14.8. The summed E-state index contributed by atoms with van der Waals surface area (Å²) < 4.78 is 22.3. The Labute approximate surface area is 122 Å². The Kier molecular flexibility index (Phi) is 4.86. The van der Waals surface area contributed by atoms with Crippen LogP contribution in [-0.4, -0.2) is 32.5 Å². The van der Waals surface area contributed by atoms with Gasteiger partial charge in [-0.3, -0.25) is 0 Å². The van der Waals surface area contributed by atoms with Crippen LogP contribution in [0.5, 0.6) is 0 Å². The van der Waals surface area contributed by atoms with Crippen LogP contribution in [0.1, 0.15) is 43.2 Å². The third kappa shape index (κ3) is 4.60. The normalized spacial score (nSPS) is 24.1. The van der Waals surface area contributed by atoms with Gasteiger partial charge < -0.3 is 5.32 Å². The van der Waals surface area contributed by atoms with Gasteiger partial charge in [0.15, 0.2) is 0 Å². The lowest BCUT2D eigenvalue weighted by Crippen LogP contribution is -2.44. The minimum atomic E-state index is -2.84. The highest BCUT2D eigenvalue weighted by atomic mass is 32.2. The van der Waals surface area contributed by atoms with Gasteiger partial charge in [-0.2, -0.15) is 0 Å². The lowest BCUT2D eigenvalue weighted by atomic mass is 9.75. The number of hydrogen-bond donors (Lipinski definition) is 1. The smallest absolute Gasteiger partial charge is 0.147 e. The monoisotopic (exact) mass is 295 g/mol. The van der Waals surface area contributed by atoms with Crippen molar-refractivity contribution >= 4 is 9.84 Å². The van der Waals surface area contributed by atoms with Crippen molar-refractivity contribution in [2.24, 2.45) is 0 Å². The van der Waals surface area contributed by atoms with Crippen LogP contribution < -0.4 is 5.32 Å². The van der Waals surface area contributed by atoms with Gasteiger partial charge in [-0.15, -0.1) is 0 Å². The molecule has 1 aromatic rings. The molecule has 0 heterocycles. The van der Waals surface area contributed by atoms with Gasteiger partial charge in [-0.25, -0.2) is 8.42 Å². The molecule has 1 unspecified atom stereocenters. The molecular weight excluding hydrogens is 270 g/mol. The van der Waals surface area contributed by atoms with Gasteiger partial charge >= 0.3 is 0 Å². The Morgan fingerprint density at radius 2 is 2.05 bits per heavy atom. The summed E-state index contributed by atoms with van der Waals surface area (Å²) in [4.78, 5) is 0. The molecule has 0 spiro atoms. The molecule has 1 aliphatic carbocycles. The number of nitrogens with one attached hydrogen (secondary N) is 1. The molecule has 0 aromatic heterocycles. The first kappa shape index (κ1) is 15.5. The second-order valence-electron chi connectivity index (χ2n) is 6.27. The average Bonchev–Trinajstić information content (AvgIpc) is 2.29. The topological polar surface area (TPSA) is 46.2 Å². The summed E-state index contributed by atoms with van der Waals surface area (Å²) in [5.41, 5.74) is 2.76. The standard InChI is InChI=1S/C16H25NO2S/c1-12-5-4-6-14(9-12)15-10-16(11-15)17-13(2)7-8-20(3,18)19/h4-6,9,13,15-17H,7-8,10-11H2,1-3H3. The van der Waals surface area contributed by atoms with Crippen LogP contribution in [0, 0.1) is 6.92 Å². The number of rotatable bonds is 6. The van der Waals surface area contributed by atoms with Crippen molar-refractivity contribution in [2.75, 3.05) is 12.0 Å². The summed E-state index contributed by atoms with van der Waals surface area (Å²) in [5, 5.41) is 3.54. The van der Waals surface area contributed by atoms with E-state index >= 15 is 0 Å². The van der Waals surface area contributed by atoms with E-state index in [1.165, 1.54) is 17.4 Å². The predicted molar refractivity (Wildman–Crippen MR) is 83.9 cm³/mol. The molecule has 1 saturated carbocycles. The van der Waals surface area contributed by atoms with E-state index < -0.39 is 9.84 Å². The molecule has 1 atom stereocenters. The SMILES string of the molecule is Cc1cccc(C2CC(NC(C)CCS(C)(=O)=O)C2)c1. The lowest BCUT2D eigenvalue weighted by molar-refractivity contribution is 0.267. The average molecular weight is 295 g/mol. The minimum absolute atomic E-state index is 0.271. The first-order valence-corrected chi connectivity index (χ1v) is 9.40. The zero-order valence-corrected chi connectivity index (χ0v) is 13.4. The molecule has 1 aromatic carbocycles. The highest BCUT2D eigenvalue weighted by Crippen LogP contribution is 2.37. The van der Waals surface area contributed by atoms with Gasteiger partial charge in [0, 0.05) is 18.3 Å². The van der Waals surface area contributed by atoms with Crippen LogP contribution in [0.15, 0.2) is 24.3 Å². The number of aryl methyl sites for hydroxylation is 1. The maximum atomic E-state index is 11.1. The summed E-state index contributed by atoms with van der Waals surface area (Å²) in [6.07, 6.45) is 4.32. The lowest BCUT2D eigenvalue weighted by Gasteiger charge is -2.38. The van der Waals surface area contributed by atoms with Gasteiger partial charge in [-0.1, -0.05) is 29.8 Å². The van der Waals surface area contributed by atoms with Gasteiger partial charge in [-0.05, 0) is 44.6 Å². The van der Waals surface area contributed by atoms with E-state index in [9.17, 15) is 8.42 Å². The van der Waals surface area contributed by atoms with E-state index in [-0.39, 0.29) is 11.8 Å². The van der Waals surface area contributed by atoms with E-state index in [0.29, 0.717) is 18.4 Å². The van der Waals surface area contributed by atoms with Crippen molar-refractivity contribution in [3.63, 3.8) is 0 Å². The van der Waals surface area contributed by atoms with E-state index in [0.717, 1.165) is 12.8 Å². The highest BCUT2D eigenvalue weighted by Gasteiger charge is 2.30. The quantitative estimate of drug-likeness (QED) is 0.877. The molecule has 0 bridgehead atoms. The molecule has 112 valence electrons. The van der Waals surface area contributed by atoms with Gasteiger partial charge in [0.1, 0.15) is 9.84 Å². The molecule has 1 aliphatic rings. The van der Waals surface area contributed by atoms with Crippen molar-refractivity contribution < 1.29 is 8.42 Å². The van der Waals surface area contributed by atoms with Crippen molar-refractivity contribution in [3.8, 4) is 0 Å². The van der Waals surface area contributed by atoms with E-state index in [1.54, 1.807) is 0 Å². The molecule has 1 fully saturated rings. The summed E-state index contributed by atoms with van der Waals surface area (Å²) in [7, 11) is -2.84. The van der Waals surface area contributed by atoms with Crippen LogP contribution in [0.25, 0.3) is 0 Å². The van der Waals surface area contributed by atoms with Crippen molar-refractivity contribution in [1.29, 1.82) is 0 Å². The zero-order valence-electron chi connectivity index (χ0n) is 12.6. The molecular formula is C16H25NO2S. The second-order valence-corrected chi connectivity index (χ2v) is 8.53. The maximum Gasteiger partial charge on any atom is 0.147 e.